The van der Waals surface area contributed by atoms with Crippen molar-refractivity contribution in [2.45, 2.75) is 26.3 Å². The van der Waals surface area contributed by atoms with Crippen LogP contribution in [0.1, 0.15) is 28.3 Å². The summed E-state index contributed by atoms with van der Waals surface area (Å²) in [5.74, 6) is 1.29. The summed E-state index contributed by atoms with van der Waals surface area (Å²) in [5, 5.41) is 0. The van der Waals surface area contributed by atoms with Crippen molar-refractivity contribution in [1.82, 2.24) is 9.80 Å². The fraction of sp³-hybridized carbons (Fsp3) is 0.480. The number of aryl methyl sites for hydroxylation is 2. The van der Waals surface area contributed by atoms with Crippen LogP contribution in [0.4, 0.5) is 0 Å². The maximum Gasteiger partial charge on any atom is 0.227 e. The van der Waals surface area contributed by atoms with E-state index in [0.29, 0.717) is 18.3 Å². The number of benzene rings is 2. The van der Waals surface area contributed by atoms with Gasteiger partial charge in [0.1, 0.15) is 0 Å². The van der Waals surface area contributed by atoms with Gasteiger partial charge in [-0.3, -0.25) is 4.79 Å². The normalized spacial score (nSPS) is 24.1. The molecule has 0 spiro atoms. The van der Waals surface area contributed by atoms with E-state index in [1.165, 1.54) is 16.7 Å². The first kappa shape index (κ1) is 20.1. The third-order valence-corrected chi connectivity index (χ3v) is 6.78. The Kier molecular flexibility index (Phi) is 6.02. The predicted octanol–water partition coefficient (Wildman–Crippen LogP) is 3.62. The molecule has 2 aromatic carbocycles. The van der Waals surface area contributed by atoms with Gasteiger partial charge in [0.25, 0.3) is 0 Å². The number of rotatable bonds is 6. The van der Waals surface area contributed by atoms with Crippen molar-refractivity contribution in [3.05, 3.63) is 70.8 Å². The summed E-state index contributed by atoms with van der Waals surface area (Å²) in [4.78, 5) is 18.1. The first-order valence-corrected chi connectivity index (χ1v) is 10.7. The van der Waals surface area contributed by atoms with Crippen LogP contribution in [0.15, 0.2) is 48.5 Å². The van der Waals surface area contributed by atoms with E-state index in [1.807, 2.05) is 12.1 Å². The minimum Gasteiger partial charge on any atom is -0.383 e. The second-order valence-corrected chi connectivity index (χ2v) is 8.63. The molecule has 2 heterocycles. The Morgan fingerprint density at radius 2 is 1.72 bits per heavy atom. The third kappa shape index (κ3) is 4.10. The zero-order chi connectivity index (χ0) is 20.4. The number of hydrogen-bond donors (Lipinski definition) is 0. The van der Waals surface area contributed by atoms with Crippen molar-refractivity contribution in [1.29, 1.82) is 0 Å². The number of nitrogens with zero attached hydrogens (tertiary/aromatic N) is 2. The Morgan fingerprint density at radius 3 is 2.45 bits per heavy atom. The Morgan fingerprint density at radius 1 is 1.00 bits per heavy atom. The molecule has 0 bridgehead atoms. The summed E-state index contributed by atoms with van der Waals surface area (Å²) in [6.45, 7) is 8.97. The molecule has 29 heavy (non-hydrogen) atoms. The van der Waals surface area contributed by atoms with Crippen LogP contribution in [0.5, 0.6) is 0 Å². The van der Waals surface area contributed by atoms with E-state index in [4.69, 9.17) is 4.74 Å². The van der Waals surface area contributed by atoms with E-state index in [0.717, 1.165) is 38.3 Å². The number of amides is 1. The highest BCUT2D eigenvalue weighted by molar-refractivity contribution is 5.80. The Hall–Kier alpha value is -2.17. The van der Waals surface area contributed by atoms with Gasteiger partial charge in [-0.15, -0.1) is 0 Å². The van der Waals surface area contributed by atoms with Gasteiger partial charge in [0.2, 0.25) is 5.91 Å². The van der Waals surface area contributed by atoms with Crippen molar-refractivity contribution in [3.63, 3.8) is 0 Å². The van der Waals surface area contributed by atoms with E-state index in [9.17, 15) is 4.79 Å². The zero-order valence-electron chi connectivity index (χ0n) is 17.8. The molecule has 2 saturated heterocycles. The summed E-state index contributed by atoms with van der Waals surface area (Å²) >= 11 is 0. The molecule has 2 aromatic rings. The van der Waals surface area contributed by atoms with E-state index in [1.54, 1.807) is 7.11 Å². The van der Waals surface area contributed by atoms with E-state index in [2.05, 4.69) is 60.0 Å². The van der Waals surface area contributed by atoms with Gasteiger partial charge < -0.3 is 14.5 Å². The van der Waals surface area contributed by atoms with Crippen molar-refractivity contribution in [3.8, 4) is 0 Å². The molecule has 4 heteroatoms. The summed E-state index contributed by atoms with van der Waals surface area (Å²) in [6.07, 6.45) is 0.488. The van der Waals surface area contributed by atoms with Gasteiger partial charge in [-0.25, -0.2) is 0 Å². The van der Waals surface area contributed by atoms with E-state index in [-0.39, 0.29) is 11.9 Å². The molecule has 1 amide bonds. The first-order valence-electron chi connectivity index (χ1n) is 10.7. The largest absolute Gasteiger partial charge is 0.383 e. The van der Waals surface area contributed by atoms with Crippen molar-refractivity contribution < 1.29 is 9.53 Å². The van der Waals surface area contributed by atoms with Crippen LogP contribution in [0, 0.1) is 25.7 Å². The zero-order valence-corrected chi connectivity index (χ0v) is 17.8. The Labute approximate surface area is 174 Å². The summed E-state index contributed by atoms with van der Waals surface area (Å²) in [7, 11) is 1.76. The number of fused-ring (bicyclic) bond motifs is 1. The second kappa shape index (κ2) is 8.68. The van der Waals surface area contributed by atoms with E-state index < -0.39 is 0 Å². The first-order chi connectivity index (χ1) is 14.1. The minimum atomic E-state index is 0.172. The number of hydrogen-bond acceptors (Lipinski definition) is 3. The molecule has 0 aliphatic carbocycles. The number of methoxy groups -OCH3 is 1. The molecule has 0 saturated carbocycles. The summed E-state index contributed by atoms with van der Waals surface area (Å²) in [6, 6.07) is 17.0. The highest BCUT2D eigenvalue weighted by Crippen LogP contribution is 2.45. The number of ether oxygens (including phenoxy) is 1. The fourth-order valence-corrected chi connectivity index (χ4v) is 5.19. The van der Waals surface area contributed by atoms with E-state index >= 15 is 0 Å². The predicted molar refractivity (Wildman–Crippen MR) is 116 cm³/mol. The number of likely N-dealkylation sites (tertiary alicyclic amines) is 2. The molecule has 2 aliphatic heterocycles. The lowest BCUT2D eigenvalue weighted by Crippen LogP contribution is -2.37. The molecule has 4 nitrogen and oxygen atoms in total. The SMILES string of the molecule is COCCN1C[C@H]2CN(C(=O)Cc3ccccc3C)[C@H](c3ccccc3C)[C@H]2C1. The van der Waals surface area contributed by atoms with Gasteiger partial charge in [-0.05, 0) is 42.0 Å². The van der Waals surface area contributed by atoms with Crippen LogP contribution < -0.4 is 0 Å². The Bertz CT molecular complexity index is 865. The van der Waals surface area contributed by atoms with Crippen LogP contribution in [0.25, 0.3) is 0 Å². The second-order valence-electron chi connectivity index (χ2n) is 8.63. The van der Waals surface area contributed by atoms with Gasteiger partial charge in [-0.1, -0.05) is 48.5 Å². The molecule has 0 unspecified atom stereocenters. The minimum absolute atomic E-state index is 0.172. The molecule has 0 aromatic heterocycles. The van der Waals surface area contributed by atoms with Crippen molar-refractivity contribution in [2.24, 2.45) is 11.8 Å². The fourth-order valence-electron chi connectivity index (χ4n) is 5.19. The molecule has 4 rings (SSSR count). The van der Waals surface area contributed by atoms with Gasteiger partial charge in [0.05, 0.1) is 19.1 Å². The van der Waals surface area contributed by atoms with Crippen LogP contribution in [0.2, 0.25) is 0 Å². The smallest absolute Gasteiger partial charge is 0.227 e. The molecule has 2 aliphatic rings. The average molecular weight is 393 g/mol. The van der Waals surface area contributed by atoms with Crippen molar-refractivity contribution >= 4 is 5.91 Å². The van der Waals surface area contributed by atoms with Crippen LogP contribution in [-0.2, 0) is 16.0 Å². The lowest BCUT2D eigenvalue weighted by Gasteiger charge is -2.31. The van der Waals surface area contributed by atoms with Crippen LogP contribution in [-0.4, -0.2) is 55.6 Å². The maximum atomic E-state index is 13.4. The highest BCUT2D eigenvalue weighted by Gasteiger charge is 2.49. The quantitative estimate of drug-likeness (QED) is 0.753. The summed E-state index contributed by atoms with van der Waals surface area (Å²) < 4.78 is 5.29. The summed E-state index contributed by atoms with van der Waals surface area (Å²) in [5.41, 5.74) is 4.92. The number of carbonyl (C=O) groups excluding carboxylic acids is 1. The molecule has 0 N–H and O–H groups in total. The Balaban J connectivity index is 1.59. The molecule has 2 fully saturated rings. The average Bonchev–Trinajstić information content (AvgIpc) is 3.26. The lowest BCUT2D eigenvalue weighted by atomic mass is 9.87. The standard InChI is InChI=1S/C25H32N2O2/c1-18-8-4-6-10-20(18)14-24(28)27-16-21-15-26(12-13-29-3)17-23(21)25(27)22-11-7-5-9-19(22)2/h4-11,21,23,25H,12-17H2,1-3H3/t21-,23-,25+/m0/s1. The van der Waals surface area contributed by atoms with Crippen LogP contribution >= 0.6 is 0 Å². The number of carbonyl (C=O) groups is 1. The van der Waals surface area contributed by atoms with Gasteiger partial charge in [0.15, 0.2) is 0 Å². The molecular weight excluding hydrogens is 360 g/mol. The van der Waals surface area contributed by atoms with Crippen molar-refractivity contribution in [2.75, 3.05) is 39.9 Å². The van der Waals surface area contributed by atoms with Gasteiger partial charge in [0, 0.05) is 39.2 Å². The van der Waals surface area contributed by atoms with Gasteiger partial charge >= 0.3 is 0 Å². The lowest BCUT2D eigenvalue weighted by molar-refractivity contribution is -0.132. The monoisotopic (exact) mass is 392 g/mol. The maximum absolute atomic E-state index is 13.4. The molecule has 3 atom stereocenters. The highest BCUT2D eigenvalue weighted by atomic mass is 16.5. The molecule has 0 radical (unpaired) electrons. The molecular formula is C25H32N2O2. The topological polar surface area (TPSA) is 32.8 Å². The molecule has 154 valence electrons. The third-order valence-electron chi connectivity index (χ3n) is 6.78. The van der Waals surface area contributed by atoms with Crippen LogP contribution in [0.3, 0.4) is 0 Å². The van der Waals surface area contributed by atoms with Gasteiger partial charge in [-0.2, -0.15) is 0 Å².